The fourth-order valence-corrected chi connectivity index (χ4v) is 1.60. The summed E-state index contributed by atoms with van der Waals surface area (Å²) < 4.78 is 0. The van der Waals surface area contributed by atoms with Crippen molar-refractivity contribution in [3.8, 4) is 0 Å². The second-order valence-electron chi connectivity index (χ2n) is 4.52. The van der Waals surface area contributed by atoms with E-state index in [0.29, 0.717) is 5.56 Å². The summed E-state index contributed by atoms with van der Waals surface area (Å²) in [4.78, 5) is 34.1. The van der Waals surface area contributed by atoms with Gasteiger partial charge in [-0.2, -0.15) is 0 Å². The van der Waals surface area contributed by atoms with E-state index in [-0.39, 0.29) is 19.6 Å². The van der Waals surface area contributed by atoms with Crippen LogP contribution in [0.15, 0.2) is 24.3 Å². The Hall–Kier alpha value is -2.41. The number of rotatable bonds is 7. The number of amides is 2. The van der Waals surface area contributed by atoms with Crippen molar-refractivity contribution in [1.82, 2.24) is 10.6 Å². The second-order valence-corrected chi connectivity index (χ2v) is 4.52. The summed E-state index contributed by atoms with van der Waals surface area (Å²) in [5, 5.41) is 22.1. The molecule has 1 unspecified atom stereocenters. The monoisotopic (exact) mass is 294 g/mol. The summed E-state index contributed by atoms with van der Waals surface area (Å²) in [6.45, 7) is 1.21. The van der Waals surface area contributed by atoms with E-state index in [1.54, 1.807) is 24.3 Å². The van der Waals surface area contributed by atoms with Gasteiger partial charge in [-0.15, -0.1) is 0 Å². The molecule has 0 aliphatic carbocycles. The molecular formula is C14H18N2O5. The minimum atomic E-state index is -1.23. The average molecular weight is 294 g/mol. The summed E-state index contributed by atoms with van der Waals surface area (Å²) in [6.07, 6.45) is -0.0903. The average Bonchev–Trinajstić information content (AvgIpc) is 2.45. The molecule has 1 atom stereocenters. The Kier molecular flexibility index (Phi) is 6.35. The molecule has 0 saturated carbocycles. The largest absolute Gasteiger partial charge is 0.480 e. The highest BCUT2D eigenvalue weighted by molar-refractivity contribution is 5.96. The van der Waals surface area contributed by atoms with Crippen LogP contribution < -0.4 is 10.6 Å². The van der Waals surface area contributed by atoms with Crippen molar-refractivity contribution in [2.45, 2.75) is 19.4 Å². The third-order valence-electron chi connectivity index (χ3n) is 2.77. The van der Waals surface area contributed by atoms with E-state index in [0.717, 1.165) is 5.56 Å². The van der Waals surface area contributed by atoms with Crippen molar-refractivity contribution in [1.29, 1.82) is 0 Å². The molecule has 0 spiro atoms. The van der Waals surface area contributed by atoms with E-state index in [2.05, 4.69) is 10.6 Å². The van der Waals surface area contributed by atoms with Gasteiger partial charge < -0.3 is 20.8 Å². The second kappa shape index (κ2) is 8.01. The Bertz CT molecular complexity index is 513. The zero-order valence-corrected chi connectivity index (χ0v) is 11.6. The van der Waals surface area contributed by atoms with Crippen molar-refractivity contribution in [2.75, 3.05) is 13.2 Å². The number of aliphatic hydroxyl groups is 1. The number of carboxylic acids is 1. The lowest BCUT2D eigenvalue weighted by Crippen LogP contribution is -2.45. The Labute approximate surface area is 122 Å². The summed E-state index contributed by atoms with van der Waals surface area (Å²) in [6, 6.07) is 5.65. The van der Waals surface area contributed by atoms with Crippen LogP contribution in [0.2, 0.25) is 0 Å². The first-order valence-electron chi connectivity index (χ1n) is 6.42. The van der Waals surface area contributed by atoms with E-state index < -0.39 is 23.8 Å². The van der Waals surface area contributed by atoms with Gasteiger partial charge in [0.2, 0.25) is 5.91 Å². The van der Waals surface area contributed by atoms with Crippen LogP contribution in [-0.2, 0) is 9.59 Å². The number of aliphatic hydroxyl groups excluding tert-OH is 1. The molecular weight excluding hydrogens is 276 g/mol. The van der Waals surface area contributed by atoms with E-state index in [4.69, 9.17) is 10.2 Å². The maximum absolute atomic E-state index is 11.8. The molecule has 114 valence electrons. The Morgan fingerprint density at radius 1 is 1.19 bits per heavy atom. The van der Waals surface area contributed by atoms with Crippen molar-refractivity contribution in [3.05, 3.63) is 35.4 Å². The van der Waals surface area contributed by atoms with Crippen LogP contribution in [0.1, 0.15) is 22.3 Å². The summed E-state index contributed by atoms with van der Waals surface area (Å²) in [5.74, 6) is -2.28. The Morgan fingerprint density at radius 2 is 1.81 bits per heavy atom. The molecule has 1 rings (SSSR count). The van der Waals surface area contributed by atoms with Crippen LogP contribution in [0.4, 0.5) is 0 Å². The fourth-order valence-electron chi connectivity index (χ4n) is 1.60. The van der Waals surface area contributed by atoms with E-state index in [1.165, 1.54) is 0 Å². The van der Waals surface area contributed by atoms with Gasteiger partial charge in [0.05, 0.1) is 6.54 Å². The quantitative estimate of drug-likeness (QED) is 0.550. The smallest absolute Gasteiger partial charge is 0.326 e. The van der Waals surface area contributed by atoms with Gasteiger partial charge in [0, 0.05) is 18.6 Å². The molecule has 0 radical (unpaired) electrons. The van der Waals surface area contributed by atoms with Crippen molar-refractivity contribution < 1.29 is 24.6 Å². The van der Waals surface area contributed by atoms with Crippen LogP contribution in [-0.4, -0.2) is 47.2 Å². The molecule has 21 heavy (non-hydrogen) atoms. The van der Waals surface area contributed by atoms with Gasteiger partial charge in [-0.3, -0.25) is 9.59 Å². The van der Waals surface area contributed by atoms with E-state index >= 15 is 0 Å². The van der Waals surface area contributed by atoms with Gasteiger partial charge in [0.25, 0.3) is 5.91 Å². The Morgan fingerprint density at radius 3 is 2.33 bits per heavy atom. The number of aliphatic carboxylic acids is 1. The molecule has 0 heterocycles. The minimum absolute atomic E-state index is 0.0903. The summed E-state index contributed by atoms with van der Waals surface area (Å²) >= 11 is 0. The third kappa shape index (κ3) is 5.62. The molecule has 0 aromatic heterocycles. The van der Waals surface area contributed by atoms with Gasteiger partial charge in [-0.25, -0.2) is 4.79 Å². The van der Waals surface area contributed by atoms with Crippen molar-refractivity contribution in [3.63, 3.8) is 0 Å². The van der Waals surface area contributed by atoms with Gasteiger partial charge in [-0.1, -0.05) is 17.7 Å². The van der Waals surface area contributed by atoms with E-state index in [9.17, 15) is 14.4 Å². The van der Waals surface area contributed by atoms with Gasteiger partial charge in [0.1, 0.15) is 6.04 Å². The first-order valence-corrected chi connectivity index (χ1v) is 6.42. The fraction of sp³-hybridized carbons (Fsp3) is 0.357. The molecule has 0 aliphatic rings. The van der Waals surface area contributed by atoms with Gasteiger partial charge >= 0.3 is 5.97 Å². The van der Waals surface area contributed by atoms with Crippen LogP contribution in [0.25, 0.3) is 0 Å². The lowest BCUT2D eigenvalue weighted by molar-refractivity contribution is -0.142. The molecule has 0 aliphatic heterocycles. The molecule has 1 aromatic rings. The molecule has 7 nitrogen and oxygen atoms in total. The van der Waals surface area contributed by atoms with Crippen LogP contribution in [0.3, 0.4) is 0 Å². The minimum Gasteiger partial charge on any atom is -0.480 e. The molecule has 2 amide bonds. The van der Waals surface area contributed by atoms with Crippen LogP contribution in [0.5, 0.6) is 0 Å². The van der Waals surface area contributed by atoms with Gasteiger partial charge in [-0.05, 0) is 19.1 Å². The maximum Gasteiger partial charge on any atom is 0.326 e. The number of carbonyl (C=O) groups excluding carboxylic acids is 2. The lowest BCUT2D eigenvalue weighted by atomic mass is 10.1. The highest BCUT2D eigenvalue weighted by Crippen LogP contribution is 2.02. The number of nitrogens with one attached hydrogen (secondary N) is 2. The zero-order chi connectivity index (χ0) is 15.8. The third-order valence-corrected chi connectivity index (χ3v) is 2.77. The van der Waals surface area contributed by atoms with Crippen molar-refractivity contribution >= 4 is 17.8 Å². The number of benzene rings is 1. The lowest BCUT2D eigenvalue weighted by Gasteiger charge is -2.13. The maximum atomic E-state index is 11.8. The zero-order valence-electron chi connectivity index (χ0n) is 11.6. The first-order chi connectivity index (χ1) is 9.93. The number of carboxylic acid groups (broad SMARTS) is 1. The van der Waals surface area contributed by atoms with Crippen LogP contribution in [0, 0.1) is 6.92 Å². The molecule has 4 N–H and O–H groups in total. The van der Waals surface area contributed by atoms with E-state index in [1.807, 2.05) is 6.92 Å². The van der Waals surface area contributed by atoms with Crippen molar-refractivity contribution in [2.24, 2.45) is 0 Å². The SMILES string of the molecule is Cc1ccc(C(=O)NCC(=O)NC(CCO)C(=O)O)cc1. The predicted molar refractivity (Wildman–Crippen MR) is 74.8 cm³/mol. The normalized spacial score (nSPS) is 11.5. The molecule has 0 fully saturated rings. The number of hydrogen-bond donors (Lipinski definition) is 4. The molecule has 0 bridgehead atoms. The summed E-state index contributed by atoms with van der Waals surface area (Å²) in [5.41, 5.74) is 1.43. The predicted octanol–water partition coefficient (Wildman–Crippen LogP) is -0.323. The number of hydrogen-bond acceptors (Lipinski definition) is 4. The van der Waals surface area contributed by atoms with Gasteiger partial charge in [0.15, 0.2) is 0 Å². The summed E-state index contributed by atoms with van der Waals surface area (Å²) in [7, 11) is 0. The first kappa shape index (κ1) is 16.6. The number of carbonyl (C=O) groups is 3. The number of aryl methyl sites for hydroxylation is 1. The topological polar surface area (TPSA) is 116 Å². The van der Waals surface area contributed by atoms with Crippen LogP contribution >= 0.6 is 0 Å². The molecule has 0 saturated heterocycles. The standard InChI is InChI=1S/C14H18N2O5/c1-9-2-4-10(5-3-9)13(19)15-8-12(18)16-11(6-7-17)14(20)21/h2-5,11,17H,6-8H2,1H3,(H,15,19)(H,16,18)(H,20,21). The molecule has 1 aromatic carbocycles. The molecule has 7 heteroatoms. The highest BCUT2D eigenvalue weighted by atomic mass is 16.4. The highest BCUT2D eigenvalue weighted by Gasteiger charge is 2.19. The Balaban J connectivity index is 2.46.